The van der Waals surface area contributed by atoms with Gasteiger partial charge in [-0.2, -0.15) is 0 Å². The van der Waals surface area contributed by atoms with Gasteiger partial charge in [0.2, 0.25) is 0 Å². The molecule has 0 amide bonds. The van der Waals surface area contributed by atoms with Crippen molar-refractivity contribution < 1.29 is 24.9 Å². The fraction of sp³-hybridized carbons (Fsp3) is 0.917. The Morgan fingerprint density at radius 1 is 1.00 bits per heavy atom. The Balaban J connectivity index is 3.39. The van der Waals surface area contributed by atoms with Crippen LogP contribution in [0.3, 0.4) is 0 Å². The largest absolute Gasteiger partial charge is 0.384 e. The van der Waals surface area contributed by atoms with Gasteiger partial charge in [0.05, 0.1) is 5.60 Å². The molecule has 0 radical (unpaired) electrons. The van der Waals surface area contributed by atoms with Crippen LogP contribution in [0, 0.1) is 0 Å². The molecule has 5 heteroatoms. The topological polar surface area (TPSA) is 87.0 Å². The number of hydrogen-bond acceptors (Lipinski definition) is 5. The number of ketones is 1. The summed E-state index contributed by atoms with van der Waals surface area (Å²) in [4.78, 5) is 11.5. The van der Waals surface area contributed by atoms with E-state index in [1.165, 1.54) is 27.7 Å². The van der Waals surface area contributed by atoms with Gasteiger partial charge in [0, 0.05) is 0 Å². The van der Waals surface area contributed by atoms with Crippen molar-refractivity contribution in [1.29, 1.82) is 0 Å². The molecule has 1 saturated heterocycles. The Hall–Kier alpha value is -0.490. The average molecular weight is 246 g/mol. The second-order valence-electron chi connectivity index (χ2n) is 5.91. The predicted molar refractivity (Wildman–Crippen MR) is 61.5 cm³/mol. The smallest absolute Gasteiger partial charge is 0.161 e. The molecule has 0 aliphatic carbocycles. The van der Waals surface area contributed by atoms with E-state index in [9.17, 15) is 20.1 Å². The van der Waals surface area contributed by atoms with Crippen molar-refractivity contribution in [1.82, 2.24) is 0 Å². The third kappa shape index (κ3) is 1.64. The molecule has 1 rings (SSSR count). The van der Waals surface area contributed by atoms with Gasteiger partial charge < -0.3 is 20.1 Å². The minimum atomic E-state index is -1.88. The molecule has 4 atom stereocenters. The fourth-order valence-corrected chi connectivity index (χ4v) is 2.34. The summed E-state index contributed by atoms with van der Waals surface area (Å²) in [5.41, 5.74) is -6.60. The first-order valence-corrected chi connectivity index (χ1v) is 5.64. The fourth-order valence-electron chi connectivity index (χ4n) is 2.34. The maximum absolute atomic E-state index is 11.5. The van der Waals surface area contributed by atoms with E-state index < -0.39 is 28.5 Å². The van der Waals surface area contributed by atoms with Gasteiger partial charge in [-0.3, -0.25) is 4.79 Å². The number of rotatable bonds is 1. The molecule has 1 heterocycles. The zero-order valence-electron chi connectivity index (χ0n) is 11.2. The van der Waals surface area contributed by atoms with Crippen LogP contribution in [-0.2, 0) is 9.53 Å². The molecule has 5 nitrogen and oxygen atoms in total. The van der Waals surface area contributed by atoms with Gasteiger partial charge in [0.1, 0.15) is 22.9 Å². The molecule has 0 aromatic carbocycles. The van der Waals surface area contributed by atoms with Crippen LogP contribution < -0.4 is 0 Å². The summed E-state index contributed by atoms with van der Waals surface area (Å²) in [6, 6.07) is 0. The molecule has 0 bridgehead atoms. The first-order valence-electron chi connectivity index (χ1n) is 5.64. The molecular weight excluding hydrogens is 224 g/mol. The highest BCUT2D eigenvalue weighted by Crippen LogP contribution is 2.48. The van der Waals surface area contributed by atoms with Crippen LogP contribution in [-0.4, -0.2) is 49.6 Å². The van der Waals surface area contributed by atoms with Crippen LogP contribution in [0.1, 0.15) is 41.5 Å². The average Bonchev–Trinajstić information content (AvgIpc) is 2.11. The van der Waals surface area contributed by atoms with Crippen molar-refractivity contribution in [3.05, 3.63) is 0 Å². The van der Waals surface area contributed by atoms with Gasteiger partial charge in [-0.25, -0.2) is 0 Å². The number of carbonyl (C=O) groups excluding carboxylic acids is 1. The Morgan fingerprint density at radius 2 is 1.41 bits per heavy atom. The normalized spacial score (nSPS) is 50.1. The molecule has 3 unspecified atom stereocenters. The van der Waals surface area contributed by atoms with E-state index in [-0.39, 0.29) is 5.78 Å². The molecule has 0 saturated carbocycles. The van der Waals surface area contributed by atoms with Crippen molar-refractivity contribution in [3.63, 3.8) is 0 Å². The highest BCUT2D eigenvalue weighted by molar-refractivity contribution is 5.82. The maximum Gasteiger partial charge on any atom is 0.161 e. The monoisotopic (exact) mass is 246 g/mol. The summed E-state index contributed by atoms with van der Waals surface area (Å²) in [6.45, 7) is 8.43. The molecule has 1 aliphatic heterocycles. The Bertz CT molecular complexity index is 341. The lowest BCUT2D eigenvalue weighted by Gasteiger charge is -2.60. The molecule has 0 spiro atoms. The highest BCUT2D eigenvalue weighted by atomic mass is 16.6. The number of Topliss-reactive ketones (excluding diaryl/α,β-unsaturated/α-hetero) is 1. The van der Waals surface area contributed by atoms with E-state index >= 15 is 0 Å². The van der Waals surface area contributed by atoms with Gasteiger partial charge in [-0.15, -0.1) is 0 Å². The summed E-state index contributed by atoms with van der Waals surface area (Å²) >= 11 is 0. The van der Waals surface area contributed by atoms with Crippen molar-refractivity contribution in [3.8, 4) is 0 Å². The summed E-state index contributed by atoms with van der Waals surface area (Å²) in [6.07, 6.45) is -1.17. The molecule has 3 N–H and O–H groups in total. The highest BCUT2D eigenvalue weighted by Gasteiger charge is 2.69. The van der Waals surface area contributed by atoms with E-state index in [1.54, 1.807) is 13.8 Å². The van der Waals surface area contributed by atoms with Gasteiger partial charge in [0.25, 0.3) is 0 Å². The Kier molecular flexibility index (Phi) is 3.01. The van der Waals surface area contributed by atoms with E-state index in [4.69, 9.17) is 4.74 Å². The first kappa shape index (κ1) is 14.6. The standard InChI is InChI=1S/C12H22O5/c1-7(13)8-10(4,14)12(6,16)11(5,15)9(2,3)17-8/h8,14-16H,1-6H3/t8?,10-,11?,12?/m1/s1. The van der Waals surface area contributed by atoms with Crippen LogP contribution in [0.4, 0.5) is 0 Å². The van der Waals surface area contributed by atoms with Crippen molar-refractivity contribution in [2.75, 3.05) is 0 Å². The summed E-state index contributed by atoms with van der Waals surface area (Å²) < 4.78 is 5.49. The van der Waals surface area contributed by atoms with E-state index in [1.807, 2.05) is 0 Å². The van der Waals surface area contributed by atoms with Crippen molar-refractivity contribution >= 4 is 5.78 Å². The molecule has 100 valence electrons. The summed E-state index contributed by atoms with van der Waals surface area (Å²) in [5.74, 6) is -0.390. The lowest BCUT2D eigenvalue weighted by atomic mass is 9.62. The Morgan fingerprint density at radius 3 is 1.76 bits per heavy atom. The number of carbonyl (C=O) groups is 1. The van der Waals surface area contributed by atoms with Crippen molar-refractivity contribution in [2.45, 2.75) is 70.1 Å². The maximum atomic E-state index is 11.5. The molecule has 1 fully saturated rings. The van der Waals surface area contributed by atoms with Gasteiger partial charge in [-0.1, -0.05) is 0 Å². The minimum Gasteiger partial charge on any atom is -0.384 e. The van der Waals surface area contributed by atoms with Crippen LogP contribution >= 0.6 is 0 Å². The van der Waals surface area contributed by atoms with Crippen molar-refractivity contribution in [2.24, 2.45) is 0 Å². The minimum absolute atomic E-state index is 0.390. The molecule has 1 aliphatic rings. The van der Waals surface area contributed by atoms with Gasteiger partial charge in [0.15, 0.2) is 5.78 Å². The third-order valence-corrected chi connectivity index (χ3v) is 4.40. The van der Waals surface area contributed by atoms with Crippen LogP contribution in [0.2, 0.25) is 0 Å². The molecule has 0 aromatic heterocycles. The second kappa shape index (κ2) is 3.51. The molecule has 17 heavy (non-hydrogen) atoms. The quantitative estimate of drug-likeness (QED) is 0.606. The SMILES string of the molecule is CC(=O)C1OC(C)(C)C(C)(O)C(C)(O)[C@]1(C)O. The summed E-state index contributed by atoms with van der Waals surface area (Å²) in [7, 11) is 0. The number of ether oxygens (including phenoxy) is 1. The first-order chi connectivity index (χ1) is 7.29. The zero-order chi connectivity index (χ0) is 13.9. The predicted octanol–water partition coefficient (Wildman–Crippen LogP) is 0.00580. The van der Waals surface area contributed by atoms with Crippen LogP contribution in [0.5, 0.6) is 0 Å². The summed E-state index contributed by atoms with van der Waals surface area (Å²) in [5, 5.41) is 31.2. The number of aliphatic hydroxyl groups is 3. The van der Waals surface area contributed by atoms with Crippen LogP contribution in [0.15, 0.2) is 0 Å². The van der Waals surface area contributed by atoms with E-state index in [2.05, 4.69) is 0 Å². The number of hydrogen-bond donors (Lipinski definition) is 3. The van der Waals surface area contributed by atoms with Gasteiger partial charge >= 0.3 is 0 Å². The molecular formula is C12H22O5. The van der Waals surface area contributed by atoms with E-state index in [0.717, 1.165) is 0 Å². The zero-order valence-corrected chi connectivity index (χ0v) is 11.2. The lowest BCUT2D eigenvalue weighted by molar-refractivity contribution is -0.357. The van der Waals surface area contributed by atoms with Gasteiger partial charge in [-0.05, 0) is 41.5 Å². The third-order valence-electron chi connectivity index (χ3n) is 4.40. The van der Waals surface area contributed by atoms with Crippen LogP contribution in [0.25, 0.3) is 0 Å². The Labute approximate surface area is 101 Å². The van der Waals surface area contributed by atoms with E-state index in [0.29, 0.717) is 0 Å². The molecule has 0 aromatic rings. The lowest BCUT2D eigenvalue weighted by Crippen LogP contribution is -2.80. The second-order valence-corrected chi connectivity index (χ2v) is 5.91.